The SMILES string of the molecule is CCCCNc1nccn1C.Cl.Cl.Cl. The normalized spacial score (nSPS) is 7.86. The third-order valence-electron chi connectivity index (χ3n) is 1.63. The van der Waals surface area contributed by atoms with E-state index in [1.54, 1.807) is 6.20 Å². The van der Waals surface area contributed by atoms with Gasteiger partial charge >= 0.3 is 0 Å². The molecule has 1 rings (SSSR count). The molecule has 0 bridgehead atoms. The van der Waals surface area contributed by atoms with Crippen LogP contribution in [0.1, 0.15) is 19.8 Å². The van der Waals surface area contributed by atoms with Crippen LogP contribution in [0.2, 0.25) is 0 Å². The number of aryl methyl sites for hydroxylation is 1. The number of halogens is 3. The summed E-state index contributed by atoms with van der Waals surface area (Å²) in [7, 11) is 1.99. The minimum Gasteiger partial charge on any atom is -0.356 e. The molecule has 0 amide bonds. The van der Waals surface area contributed by atoms with E-state index in [0.717, 1.165) is 12.5 Å². The van der Waals surface area contributed by atoms with Crippen molar-refractivity contribution in [1.82, 2.24) is 9.55 Å². The van der Waals surface area contributed by atoms with Gasteiger partial charge in [0.1, 0.15) is 0 Å². The van der Waals surface area contributed by atoms with Crippen LogP contribution in [0.5, 0.6) is 0 Å². The lowest BCUT2D eigenvalue weighted by atomic mass is 10.3. The monoisotopic (exact) mass is 261 g/mol. The van der Waals surface area contributed by atoms with Crippen LogP contribution >= 0.6 is 37.2 Å². The summed E-state index contributed by atoms with van der Waals surface area (Å²) in [5.41, 5.74) is 0. The second-order valence-electron chi connectivity index (χ2n) is 2.64. The Morgan fingerprint density at radius 3 is 2.43 bits per heavy atom. The van der Waals surface area contributed by atoms with E-state index in [0.29, 0.717) is 0 Å². The Kier molecular flexibility index (Phi) is 15.2. The van der Waals surface area contributed by atoms with Crippen LogP contribution < -0.4 is 5.32 Å². The van der Waals surface area contributed by atoms with E-state index in [2.05, 4.69) is 17.2 Å². The van der Waals surface area contributed by atoms with Crippen molar-refractivity contribution in [2.75, 3.05) is 11.9 Å². The van der Waals surface area contributed by atoms with E-state index in [-0.39, 0.29) is 37.2 Å². The Labute approximate surface area is 104 Å². The molecule has 0 unspecified atom stereocenters. The van der Waals surface area contributed by atoms with Crippen molar-refractivity contribution in [2.24, 2.45) is 7.05 Å². The lowest BCUT2D eigenvalue weighted by molar-refractivity contribution is 0.812. The quantitative estimate of drug-likeness (QED) is 0.846. The molecular formula is C8H18Cl3N3. The number of hydrogen-bond donors (Lipinski definition) is 1. The van der Waals surface area contributed by atoms with E-state index < -0.39 is 0 Å². The molecule has 1 heterocycles. The third kappa shape index (κ3) is 6.35. The van der Waals surface area contributed by atoms with E-state index in [9.17, 15) is 0 Å². The van der Waals surface area contributed by atoms with E-state index in [4.69, 9.17) is 0 Å². The largest absolute Gasteiger partial charge is 0.356 e. The van der Waals surface area contributed by atoms with E-state index in [1.807, 2.05) is 17.8 Å². The van der Waals surface area contributed by atoms with Gasteiger partial charge in [-0.2, -0.15) is 0 Å². The molecule has 14 heavy (non-hydrogen) atoms. The summed E-state index contributed by atoms with van der Waals surface area (Å²) in [6.07, 6.45) is 6.16. The van der Waals surface area contributed by atoms with Gasteiger partial charge in [0.25, 0.3) is 0 Å². The number of aromatic nitrogens is 2. The number of imidazole rings is 1. The average Bonchev–Trinajstić information content (AvgIpc) is 2.37. The smallest absolute Gasteiger partial charge is 0.202 e. The first kappa shape index (κ1) is 19.5. The van der Waals surface area contributed by atoms with Crippen molar-refractivity contribution in [1.29, 1.82) is 0 Å². The van der Waals surface area contributed by atoms with Gasteiger partial charge < -0.3 is 9.88 Å². The fourth-order valence-corrected chi connectivity index (χ4v) is 0.913. The highest BCUT2D eigenvalue weighted by atomic mass is 35.5. The first-order valence-corrected chi connectivity index (χ1v) is 4.05. The standard InChI is InChI=1S/C8H15N3.3ClH/c1-3-4-5-9-8-10-6-7-11(8)2;;;/h6-7H,3-5H2,1-2H3,(H,9,10);3*1H. The van der Waals surface area contributed by atoms with E-state index in [1.165, 1.54) is 12.8 Å². The molecule has 6 heteroatoms. The molecule has 0 fully saturated rings. The Balaban J connectivity index is -0.000000403. The molecule has 1 aromatic rings. The van der Waals surface area contributed by atoms with Gasteiger partial charge in [0.2, 0.25) is 5.95 Å². The highest BCUT2D eigenvalue weighted by Gasteiger charge is 1.94. The van der Waals surface area contributed by atoms with Crippen LogP contribution in [0, 0.1) is 0 Å². The van der Waals surface area contributed by atoms with Crippen LogP contribution in [-0.4, -0.2) is 16.1 Å². The van der Waals surface area contributed by atoms with Crippen molar-refractivity contribution in [2.45, 2.75) is 19.8 Å². The maximum absolute atomic E-state index is 4.14. The maximum Gasteiger partial charge on any atom is 0.202 e. The molecule has 0 radical (unpaired) electrons. The van der Waals surface area contributed by atoms with Crippen LogP contribution in [0.15, 0.2) is 12.4 Å². The highest BCUT2D eigenvalue weighted by Crippen LogP contribution is 2.00. The van der Waals surface area contributed by atoms with Crippen molar-refractivity contribution in [3.8, 4) is 0 Å². The van der Waals surface area contributed by atoms with Crippen molar-refractivity contribution >= 4 is 43.2 Å². The lowest BCUT2D eigenvalue weighted by Crippen LogP contribution is -2.05. The van der Waals surface area contributed by atoms with Crippen molar-refractivity contribution in [3.05, 3.63) is 12.4 Å². The number of hydrogen-bond acceptors (Lipinski definition) is 2. The molecule has 0 aliphatic carbocycles. The van der Waals surface area contributed by atoms with Crippen LogP contribution in [0.4, 0.5) is 5.95 Å². The fourth-order valence-electron chi connectivity index (χ4n) is 0.913. The molecule has 1 aromatic heterocycles. The van der Waals surface area contributed by atoms with Gasteiger partial charge in [-0.15, -0.1) is 37.2 Å². The summed E-state index contributed by atoms with van der Waals surface area (Å²) >= 11 is 0. The van der Waals surface area contributed by atoms with Crippen LogP contribution in [0.3, 0.4) is 0 Å². The topological polar surface area (TPSA) is 29.9 Å². The molecule has 0 saturated heterocycles. The molecule has 3 nitrogen and oxygen atoms in total. The van der Waals surface area contributed by atoms with Gasteiger partial charge in [0.05, 0.1) is 0 Å². The molecule has 86 valence electrons. The zero-order valence-corrected chi connectivity index (χ0v) is 10.8. The zero-order valence-electron chi connectivity index (χ0n) is 8.40. The Morgan fingerprint density at radius 2 is 2.00 bits per heavy atom. The summed E-state index contributed by atoms with van der Waals surface area (Å²) in [6, 6.07) is 0. The summed E-state index contributed by atoms with van der Waals surface area (Å²) in [5.74, 6) is 0.957. The predicted octanol–water partition coefficient (Wildman–Crippen LogP) is 2.90. The summed E-state index contributed by atoms with van der Waals surface area (Å²) < 4.78 is 1.98. The number of unbranched alkanes of at least 4 members (excludes halogenated alkanes) is 1. The molecule has 0 aliphatic heterocycles. The minimum atomic E-state index is 0. The maximum atomic E-state index is 4.14. The Morgan fingerprint density at radius 1 is 1.36 bits per heavy atom. The van der Waals surface area contributed by atoms with Gasteiger partial charge in [0.15, 0.2) is 0 Å². The first-order chi connectivity index (χ1) is 5.34. The highest BCUT2D eigenvalue weighted by molar-refractivity contribution is 5.86. The van der Waals surface area contributed by atoms with Crippen molar-refractivity contribution in [3.63, 3.8) is 0 Å². The molecule has 0 aliphatic rings. The average molecular weight is 263 g/mol. The summed E-state index contributed by atoms with van der Waals surface area (Å²) in [4.78, 5) is 4.14. The molecule has 0 atom stereocenters. The molecule has 0 spiro atoms. The van der Waals surface area contributed by atoms with Gasteiger partial charge in [0, 0.05) is 26.0 Å². The Hall–Kier alpha value is -0.120. The predicted molar refractivity (Wildman–Crippen MR) is 68.3 cm³/mol. The second-order valence-corrected chi connectivity index (χ2v) is 2.64. The second kappa shape index (κ2) is 11.0. The van der Waals surface area contributed by atoms with E-state index >= 15 is 0 Å². The first-order valence-electron chi connectivity index (χ1n) is 4.05. The minimum absolute atomic E-state index is 0. The molecule has 1 N–H and O–H groups in total. The van der Waals surface area contributed by atoms with Gasteiger partial charge in [-0.25, -0.2) is 4.98 Å². The Bertz CT molecular complexity index is 215. The number of nitrogens with one attached hydrogen (secondary N) is 1. The lowest BCUT2D eigenvalue weighted by Gasteiger charge is -2.03. The van der Waals surface area contributed by atoms with Gasteiger partial charge in [-0.1, -0.05) is 13.3 Å². The fraction of sp³-hybridized carbons (Fsp3) is 0.625. The number of anilines is 1. The molecular weight excluding hydrogens is 244 g/mol. The summed E-state index contributed by atoms with van der Waals surface area (Å²) in [6.45, 7) is 3.20. The van der Waals surface area contributed by atoms with Gasteiger partial charge in [-0.3, -0.25) is 0 Å². The number of rotatable bonds is 4. The molecule has 0 saturated carbocycles. The zero-order chi connectivity index (χ0) is 8.10. The van der Waals surface area contributed by atoms with Gasteiger partial charge in [-0.05, 0) is 6.42 Å². The number of nitrogens with zero attached hydrogens (tertiary/aromatic N) is 2. The van der Waals surface area contributed by atoms with Crippen LogP contribution in [-0.2, 0) is 7.05 Å². The third-order valence-corrected chi connectivity index (χ3v) is 1.63. The van der Waals surface area contributed by atoms with Crippen molar-refractivity contribution < 1.29 is 0 Å². The molecule has 0 aromatic carbocycles. The summed E-state index contributed by atoms with van der Waals surface area (Å²) in [5, 5.41) is 3.25. The van der Waals surface area contributed by atoms with Crippen LogP contribution in [0.25, 0.3) is 0 Å².